The molecule has 0 atom stereocenters. The van der Waals surface area contributed by atoms with Gasteiger partial charge < -0.3 is 0 Å². The van der Waals surface area contributed by atoms with Crippen LogP contribution in [-0.2, 0) is 0 Å². The largest absolute Gasteiger partial charge is 0.227 e. The van der Waals surface area contributed by atoms with Crippen LogP contribution in [0.15, 0.2) is 47.5 Å². The second-order valence-electron chi connectivity index (χ2n) is 4.23. The summed E-state index contributed by atoms with van der Waals surface area (Å²) in [5, 5.41) is 1.51. The first kappa shape index (κ1) is 12.3. The predicted molar refractivity (Wildman–Crippen MR) is 83.1 cm³/mol. The van der Waals surface area contributed by atoms with E-state index in [1.54, 1.807) is 11.3 Å². The van der Waals surface area contributed by atoms with E-state index in [0.717, 1.165) is 21.2 Å². The molecule has 0 aliphatic rings. The molecule has 0 amide bonds. The SMILES string of the molecule is Cc1cccc2sc(/N=C/c3ccc(Cl)cc3)nc12. The van der Waals surface area contributed by atoms with Gasteiger partial charge in [0.2, 0.25) is 5.13 Å². The fraction of sp³-hybridized carbons (Fsp3) is 0.0667. The zero-order chi connectivity index (χ0) is 13.2. The molecule has 1 aromatic heterocycles. The van der Waals surface area contributed by atoms with Crippen LogP contribution >= 0.6 is 22.9 Å². The first-order valence-electron chi connectivity index (χ1n) is 5.88. The number of nitrogens with zero attached hydrogens (tertiary/aromatic N) is 2. The number of para-hydroxylation sites is 1. The van der Waals surface area contributed by atoms with Crippen LogP contribution in [0, 0.1) is 6.92 Å². The van der Waals surface area contributed by atoms with Crippen molar-refractivity contribution in [2.75, 3.05) is 0 Å². The Morgan fingerprint density at radius 2 is 1.95 bits per heavy atom. The van der Waals surface area contributed by atoms with Crippen LogP contribution in [0.5, 0.6) is 0 Å². The molecule has 0 saturated heterocycles. The molecule has 1 heterocycles. The minimum absolute atomic E-state index is 0.729. The molecule has 0 spiro atoms. The molecule has 4 heteroatoms. The van der Waals surface area contributed by atoms with Crippen molar-refractivity contribution < 1.29 is 0 Å². The van der Waals surface area contributed by atoms with Crippen molar-refractivity contribution in [1.29, 1.82) is 0 Å². The Hall–Kier alpha value is -1.71. The van der Waals surface area contributed by atoms with Gasteiger partial charge in [0.15, 0.2) is 0 Å². The number of hydrogen-bond donors (Lipinski definition) is 0. The van der Waals surface area contributed by atoms with E-state index in [1.165, 1.54) is 10.3 Å². The molecular weight excluding hydrogens is 276 g/mol. The lowest BCUT2D eigenvalue weighted by Gasteiger charge is -1.91. The summed E-state index contributed by atoms with van der Waals surface area (Å²) in [5.74, 6) is 0. The average Bonchev–Trinajstić information content (AvgIpc) is 2.83. The van der Waals surface area contributed by atoms with E-state index in [1.807, 2.05) is 36.5 Å². The van der Waals surface area contributed by atoms with Crippen molar-refractivity contribution in [1.82, 2.24) is 4.98 Å². The second kappa shape index (κ2) is 5.11. The Morgan fingerprint density at radius 3 is 2.68 bits per heavy atom. The maximum Gasteiger partial charge on any atom is 0.210 e. The number of aliphatic imine (C=N–C) groups is 1. The van der Waals surface area contributed by atoms with Gasteiger partial charge in [0.25, 0.3) is 0 Å². The van der Waals surface area contributed by atoms with Gasteiger partial charge in [0.05, 0.1) is 10.2 Å². The molecule has 0 N–H and O–H groups in total. The lowest BCUT2D eigenvalue weighted by Crippen LogP contribution is -1.78. The van der Waals surface area contributed by atoms with E-state index in [4.69, 9.17) is 11.6 Å². The molecule has 0 unspecified atom stereocenters. The second-order valence-corrected chi connectivity index (χ2v) is 5.67. The summed E-state index contributed by atoms with van der Waals surface area (Å²) in [5.41, 5.74) is 3.23. The Bertz CT molecular complexity index is 744. The van der Waals surface area contributed by atoms with E-state index in [2.05, 4.69) is 29.0 Å². The predicted octanol–water partition coefficient (Wildman–Crippen LogP) is 5.01. The standard InChI is InChI=1S/C15H11ClN2S/c1-10-3-2-4-13-14(10)18-15(19-13)17-9-11-5-7-12(16)8-6-11/h2-9H,1H3/b17-9+. The lowest BCUT2D eigenvalue weighted by molar-refractivity contribution is 1.38. The number of fused-ring (bicyclic) bond motifs is 1. The van der Waals surface area contributed by atoms with Crippen LogP contribution in [0.25, 0.3) is 10.2 Å². The quantitative estimate of drug-likeness (QED) is 0.608. The average molecular weight is 287 g/mol. The van der Waals surface area contributed by atoms with Gasteiger partial charge in [-0.15, -0.1) is 0 Å². The van der Waals surface area contributed by atoms with Gasteiger partial charge in [-0.25, -0.2) is 9.98 Å². The minimum Gasteiger partial charge on any atom is -0.227 e. The van der Waals surface area contributed by atoms with Crippen molar-refractivity contribution in [2.45, 2.75) is 6.92 Å². The summed E-state index contributed by atoms with van der Waals surface area (Å²) in [7, 11) is 0. The molecule has 3 rings (SSSR count). The van der Waals surface area contributed by atoms with Crippen LogP contribution in [0.3, 0.4) is 0 Å². The van der Waals surface area contributed by atoms with Crippen LogP contribution in [-0.4, -0.2) is 11.2 Å². The van der Waals surface area contributed by atoms with Gasteiger partial charge >= 0.3 is 0 Å². The molecular formula is C15H11ClN2S. The molecule has 3 aromatic rings. The fourth-order valence-corrected chi connectivity index (χ4v) is 2.82. The van der Waals surface area contributed by atoms with E-state index in [-0.39, 0.29) is 0 Å². The summed E-state index contributed by atoms with van der Waals surface area (Å²) in [4.78, 5) is 8.96. The van der Waals surface area contributed by atoms with Crippen molar-refractivity contribution in [3.05, 3.63) is 58.6 Å². The molecule has 0 saturated carbocycles. The van der Waals surface area contributed by atoms with Gasteiger partial charge in [-0.3, -0.25) is 0 Å². The van der Waals surface area contributed by atoms with E-state index in [0.29, 0.717) is 0 Å². The summed E-state index contributed by atoms with van der Waals surface area (Å²) in [6.07, 6.45) is 1.81. The lowest BCUT2D eigenvalue weighted by atomic mass is 10.2. The monoisotopic (exact) mass is 286 g/mol. The highest BCUT2D eigenvalue weighted by Crippen LogP contribution is 2.29. The first-order chi connectivity index (χ1) is 9.22. The van der Waals surface area contributed by atoms with Crippen LogP contribution in [0.1, 0.15) is 11.1 Å². The third-order valence-corrected chi connectivity index (χ3v) is 3.98. The molecule has 0 aliphatic heterocycles. The number of aryl methyl sites for hydroxylation is 1. The molecule has 2 nitrogen and oxygen atoms in total. The summed E-state index contributed by atoms with van der Waals surface area (Å²) in [6, 6.07) is 13.8. The van der Waals surface area contributed by atoms with Gasteiger partial charge in [-0.1, -0.05) is 47.2 Å². The van der Waals surface area contributed by atoms with E-state index >= 15 is 0 Å². The van der Waals surface area contributed by atoms with Gasteiger partial charge in [-0.05, 0) is 36.2 Å². The highest BCUT2D eigenvalue weighted by molar-refractivity contribution is 7.22. The molecule has 2 aromatic carbocycles. The van der Waals surface area contributed by atoms with E-state index < -0.39 is 0 Å². The number of benzene rings is 2. The maximum atomic E-state index is 5.84. The van der Waals surface area contributed by atoms with Crippen molar-refractivity contribution in [3.63, 3.8) is 0 Å². The summed E-state index contributed by atoms with van der Waals surface area (Å²) >= 11 is 7.44. The molecule has 0 fully saturated rings. The third kappa shape index (κ3) is 2.67. The fourth-order valence-electron chi connectivity index (χ4n) is 1.81. The van der Waals surface area contributed by atoms with Crippen molar-refractivity contribution in [2.24, 2.45) is 4.99 Å². The summed E-state index contributed by atoms with van der Waals surface area (Å²) in [6.45, 7) is 2.06. The van der Waals surface area contributed by atoms with Crippen LogP contribution in [0.4, 0.5) is 5.13 Å². The zero-order valence-corrected chi connectivity index (χ0v) is 11.9. The number of hydrogen-bond acceptors (Lipinski definition) is 3. The zero-order valence-electron chi connectivity index (χ0n) is 10.3. The maximum absolute atomic E-state index is 5.84. The minimum atomic E-state index is 0.729. The number of thiazole rings is 1. The summed E-state index contributed by atoms with van der Waals surface area (Å²) < 4.78 is 1.17. The Morgan fingerprint density at radius 1 is 1.16 bits per heavy atom. The number of halogens is 1. The Kier molecular flexibility index (Phi) is 3.32. The normalized spacial score (nSPS) is 11.5. The van der Waals surface area contributed by atoms with Gasteiger partial charge in [0, 0.05) is 11.2 Å². The highest BCUT2D eigenvalue weighted by Gasteiger charge is 2.03. The Balaban J connectivity index is 1.93. The van der Waals surface area contributed by atoms with Gasteiger partial charge in [-0.2, -0.15) is 0 Å². The topological polar surface area (TPSA) is 25.2 Å². The van der Waals surface area contributed by atoms with E-state index in [9.17, 15) is 0 Å². The van der Waals surface area contributed by atoms with Crippen LogP contribution < -0.4 is 0 Å². The first-order valence-corrected chi connectivity index (χ1v) is 7.07. The van der Waals surface area contributed by atoms with Crippen molar-refractivity contribution in [3.8, 4) is 0 Å². The Labute approximate surface area is 120 Å². The smallest absolute Gasteiger partial charge is 0.210 e. The molecule has 0 bridgehead atoms. The number of rotatable bonds is 2. The van der Waals surface area contributed by atoms with Gasteiger partial charge in [0.1, 0.15) is 0 Å². The number of aromatic nitrogens is 1. The molecule has 0 radical (unpaired) electrons. The van der Waals surface area contributed by atoms with Crippen molar-refractivity contribution >= 4 is 44.5 Å². The third-order valence-electron chi connectivity index (χ3n) is 2.80. The van der Waals surface area contributed by atoms with Crippen LogP contribution in [0.2, 0.25) is 5.02 Å². The molecule has 19 heavy (non-hydrogen) atoms. The molecule has 0 aliphatic carbocycles. The molecule has 94 valence electrons. The highest BCUT2D eigenvalue weighted by atomic mass is 35.5.